The number of ether oxygens (including phenoxy) is 2. The van der Waals surface area contributed by atoms with Gasteiger partial charge in [-0.25, -0.2) is 8.60 Å². The van der Waals surface area contributed by atoms with Crippen LogP contribution in [0.4, 0.5) is 10.1 Å². The van der Waals surface area contributed by atoms with Crippen molar-refractivity contribution < 1.29 is 23.2 Å². The van der Waals surface area contributed by atoms with Crippen LogP contribution in [0.2, 0.25) is 0 Å². The maximum Gasteiger partial charge on any atom is 0.161 e. The van der Waals surface area contributed by atoms with Crippen LogP contribution in [0.5, 0.6) is 23.0 Å². The maximum absolute atomic E-state index is 14.0. The molecule has 170 valence electrons. The van der Waals surface area contributed by atoms with Crippen molar-refractivity contribution in [2.75, 3.05) is 11.8 Å². The number of nitrogens with zero attached hydrogens (tertiary/aromatic N) is 1. The van der Waals surface area contributed by atoms with E-state index >= 15 is 0 Å². The first-order valence-electron chi connectivity index (χ1n) is 10.3. The van der Waals surface area contributed by atoms with Crippen molar-refractivity contribution in [3.8, 4) is 23.0 Å². The van der Waals surface area contributed by atoms with Gasteiger partial charge >= 0.3 is 0 Å². The molecule has 0 spiro atoms. The number of aromatic hydroxyl groups is 1. The lowest BCUT2D eigenvalue weighted by molar-refractivity contribution is 0.374. The van der Waals surface area contributed by atoms with Gasteiger partial charge in [0, 0.05) is 23.0 Å². The van der Waals surface area contributed by atoms with Crippen LogP contribution in [0.15, 0.2) is 90.0 Å². The highest BCUT2D eigenvalue weighted by atomic mass is 32.2. The van der Waals surface area contributed by atoms with E-state index in [1.54, 1.807) is 42.6 Å². The van der Waals surface area contributed by atoms with Crippen LogP contribution in [0.25, 0.3) is 21.7 Å². The van der Waals surface area contributed by atoms with Crippen LogP contribution in [-0.4, -0.2) is 21.4 Å². The van der Waals surface area contributed by atoms with Gasteiger partial charge < -0.3 is 19.3 Å². The van der Waals surface area contributed by atoms with Gasteiger partial charge in [0.2, 0.25) is 0 Å². The van der Waals surface area contributed by atoms with Crippen LogP contribution < -0.4 is 14.2 Å². The van der Waals surface area contributed by atoms with Gasteiger partial charge in [0.15, 0.2) is 22.5 Å². The normalized spacial score (nSPS) is 11.9. The molecular formula is C26H19FN2O4S. The van der Waals surface area contributed by atoms with Gasteiger partial charge in [-0.1, -0.05) is 24.3 Å². The standard InChI is InChI=1S/C26H19FN2O4S/c1-32-25-14-19-22(15-23(25)30)28-12-11-24(19)33-17-9-10-18-16(13-17)5-4-7-21(18)29-34(31)26-8-3-2-6-20(26)27/h2-15,29-30H,1H3. The predicted octanol–water partition coefficient (Wildman–Crippen LogP) is 6.17. The number of aromatic nitrogens is 1. The first-order chi connectivity index (χ1) is 16.5. The molecule has 0 fully saturated rings. The first-order valence-corrected chi connectivity index (χ1v) is 11.5. The Labute approximate surface area is 197 Å². The number of rotatable bonds is 6. The van der Waals surface area contributed by atoms with E-state index in [-0.39, 0.29) is 10.6 Å². The van der Waals surface area contributed by atoms with Crippen molar-refractivity contribution in [1.29, 1.82) is 0 Å². The summed E-state index contributed by atoms with van der Waals surface area (Å²) in [6.45, 7) is 0. The topological polar surface area (TPSA) is 80.7 Å². The summed E-state index contributed by atoms with van der Waals surface area (Å²) in [5, 5.41) is 12.4. The summed E-state index contributed by atoms with van der Waals surface area (Å²) >= 11 is 0. The second-order valence-corrected chi connectivity index (χ2v) is 8.62. The average molecular weight is 475 g/mol. The van der Waals surface area contributed by atoms with Gasteiger partial charge in [-0.05, 0) is 53.9 Å². The lowest BCUT2D eigenvalue weighted by Crippen LogP contribution is -2.06. The number of phenolic OH excluding ortho intramolecular Hbond substituents is 1. The Balaban J connectivity index is 1.47. The largest absolute Gasteiger partial charge is 0.504 e. The van der Waals surface area contributed by atoms with E-state index in [9.17, 15) is 13.7 Å². The summed E-state index contributed by atoms with van der Waals surface area (Å²) in [5.74, 6) is 0.927. The second kappa shape index (κ2) is 8.99. The molecule has 1 heterocycles. The minimum atomic E-state index is -1.76. The number of halogens is 1. The summed E-state index contributed by atoms with van der Waals surface area (Å²) in [4.78, 5) is 4.37. The second-order valence-electron chi connectivity index (χ2n) is 7.44. The van der Waals surface area contributed by atoms with E-state index in [4.69, 9.17) is 9.47 Å². The maximum atomic E-state index is 14.0. The van der Waals surface area contributed by atoms with Gasteiger partial charge in [0.05, 0.1) is 23.2 Å². The van der Waals surface area contributed by atoms with Gasteiger partial charge in [0.1, 0.15) is 17.3 Å². The molecule has 0 aliphatic rings. The number of pyridine rings is 1. The van der Waals surface area contributed by atoms with Crippen molar-refractivity contribution in [1.82, 2.24) is 4.98 Å². The molecule has 1 aromatic heterocycles. The zero-order chi connectivity index (χ0) is 23.7. The van der Waals surface area contributed by atoms with Crippen molar-refractivity contribution in [3.05, 3.63) is 90.9 Å². The Bertz CT molecular complexity index is 1560. The molecule has 5 rings (SSSR count). The van der Waals surface area contributed by atoms with E-state index in [1.165, 1.54) is 25.3 Å². The first kappa shape index (κ1) is 21.7. The molecule has 1 unspecified atom stereocenters. The quantitative estimate of drug-likeness (QED) is 0.308. The third-order valence-corrected chi connectivity index (χ3v) is 6.46. The highest BCUT2D eigenvalue weighted by Gasteiger charge is 2.13. The lowest BCUT2D eigenvalue weighted by Gasteiger charge is -2.13. The molecule has 0 saturated heterocycles. The molecule has 0 aliphatic heterocycles. The Kier molecular flexibility index (Phi) is 5.73. The molecule has 8 heteroatoms. The Hall–Kier alpha value is -4.17. The SMILES string of the molecule is COc1cc2c(Oc3ccc4c(NS(=O)c5ccccc5F)cccc4c3)ccnc2cc1O. The van der Waals surface area contributed by atoms with Crippen LogP contribution in [0.3, 0.4) is 0 Å². The van der Waals surface area contributed by atoms with Crippen LogP contribution in [0.1, 0.15) is 0 Å². The Morgan fingerprint density at radius 1 is 0.941 bits per heavy atom. The zero-order valence-electron chi connectivity index (χ0n) is 18.0. The molecule has 0 amide bonds. The zero-order valence-corrected chi connectivity index (χ0v) is 18.8. The molecule has 0 bridgehead atoms. The van der Waals surface area contributed by atoms with Gasteiger partial charge in [-0.2, -0.15) is 0 Å². The molecule has 0 saturated carbocycles. The molecule has 6 nitrogen and oxygen atoms in total. The van der Waals surface area contributed by atoms with Crippen LogP contribution >= 0.6 is 0 Å². The molecule has 34 heavy (non-hydrogen) atoms. The van der Waals surface area contributed by atoms with Gasteiger partial charge in [-0.3, -0.25) is 4.98 Å². The number of benzene rings is 4. The Morgan fingerprint density at radius 3 is 2.62 bits per heavy atom. The smallest absolute Gasteiger partial charge is 0.161 e. The number of nitrogens with one attached hydrogen (secondary N) is 1. The molecule has 2 N–H and O–H groups in total. The van der Waals surface area contributed by atoms with Crippen molar-refractivity contribution >= 4 is 38.3 Å². The molecule has 1 atom stereocenters. The fraction of sp³-hybridized carbons (Fsp3) is 0.0385. The average Bonchev–Trinajstić information content (AvgIpc) is 2.84. The molecular weight excluding hydrogens is 455 g/mol. The van der Waals surface area contributed by atoms with Crippen LogP contribution in [-0.2, 0) is 11.0 Å². The van der Waals surface area contributed by atoms with E-state index in [2.05, 4.69) is 9.71 Å². The highest BCUT2D eigenvalue weighted by molar-refractivity contribution is 7.86. The van der Waals surface area contributed by atoms with Crippen molar-refractivity contribution in [2.24, 2.45) is 0 Å². The number of hydrogen-bond donors (Lipinski definition) is 2. The van der Waals surface area contributed by atoms with Crippen LogP contribution in [0, 0.1) is 5.82 Å². The number of fused-ring (bicyclic) bond motifs is 2. The summed E-state index contributed by atoms with van der Waals surface area (Å²) in [7, 11) is -0.277. The minimum Gasteiger partial charge on any atom is -0.504 e. The number of methoxy groups -OCH3 is 1. The predicted molar refractivity (Wildman–Crippen MR) is 130 cm³/mol. The lowest BCUT2D eigenvalue weighted by atomic mass is 10.1. The van der Waals surface area contributed by atoms with Gasteiger partial charge in [0.25, 0.3) is 0 Å². The van der Waals surface area contributed by atoms with E-state index in [1.807, 2.05) is 24.3 Å². The van der Waals surface area contributed by atoms with Crippen molar-refractivity contribution in [3.63, 3.8) is 0 Å². The summed E-state index contributed by atoms with van der Waals surface area (Å²) < 4.78 is 41.0. The number of anilines is 1. The molecule has 5 aromatic rings. The molecule has 4 aromatic carbocycles. The minimum absolute atomic E-state index is 0.00171. The highest BCUT2D eigenvalue weighted by Crippen LogP contribution is 2.37. The molecule has 0 aliphatic carbocycles. The third-order valence-electron chi connectivity index (χ3n) is 5.32. The monoisotopic (exact) mass is 474 g/mol. The van der Waals surface area contributed by atoms with Gasteiger partial charge in [-0.15, -0.1) is 0 Å². The number of phenols is 1. The van der Waals surface area contributed by atoms with E-state index < -0.39 is 16.8 Å². The number of hydrogen-bond acceptors (Lipinski definition) is 5. The Morgan fingerprint density at radius 2 is 1.79 bits per heavy atom. The summed E-state index contributed by atoms with van der Waals surface area (Å²) in [5.41, 5.74) is 1.18. The fourth-order valence-corrected chi connectivity index (χ4v) is 4.62. The molecule has 0 radical (unpaired) electrons. The summed E-state index contributed by atoms with van der Waals surface area (Å²) in [6.07, 6.45) is 1.60. The fourth-order valence-electron chi connectivity index (χ4n) is 3.68. The van der Waals surface area contributed by atoms with Crippen molar-refractivity contribution in [2.45, 2.75) is 4.90 Å². The summed E-state index contributed by atoms with van der Waals surface area (Å²) in [6, 6.07) is 21.9. The third kappa shape index (κ3) is 4.11. The van der Waals surface area contributed by atoms with E-state index in [0.29, 0.717) is 33.8 Å². The van der Waals surface area contributed by atoms with E-state index in [0.717, 1.165) is 10.8 Å².